The summed E-state index contributed by atoms with van der Waals surface area (Å²) in [6.07, 6.45) is 6.20. The van der Waals surface area contributed by atoms with Crippen molar-refractivity contribution >= 4 is 12.0 Å². The number of carboxylic acid groups (broad SMARTS) is 1. The fourth-order valence-electron chi connectivity index (χ4n) is 2.73. The van der Waals surface area contributed by atoms with Gasteiger partial charge in [-0.05, 0) is 30.9 Å². The Labute approximate surface area is 124 Å². The summed E-state index contributed by atoms with van der Waals surface area (Å²) >= 11 is 0. The molecular formula is C15H22N2O4. The maximum Gasteiger partial charge on any atom is 0.371 e. The lowest BCUT2D eigenvalue weighted by Crippen LogP contribution is -2.39. The molecule has 1 aliphatic rings. The topological polar surface area (TPSA) is 82.8 Å². The van der Waals surface area contributed by atoms with Gasteiger partial charge in [-0.1, -0.05) is 19.3 Å². The zero-order valence-corrected chi connectivity index (χ0v) is 12.3. The van der Waals surface area contributed by atoms with Crippen LogP contribution in [0.15, 0.2) is 16.5 Å². The third-order valence-electron chi connectivity index (χ3n) is 3.89. The molecule has 6 nitrogen and oxygen atoms in total. The van der Waals surface area contributed by atoms with E-state index >= 15 is 0 Å². The quantitative estimate of drug-likeness (QED) is 0.874. The predicted octanol–water partition coefficient (Wildman–Crippen LogP) is 2.70. The van der Waals surface area contributed by atoms with Crippen LogP contribution < -0.4 is 5.32 Å². The monoisotopic (exact) mass is 294 g/mol. The Bertz CT molecular complexity index is 492. The summed E-state index contributed by atoms with van der Waals surface area (Å²) in [5.41, 5.74) is 0. The summed E-state index contributed by atoms with van der Waals surface area (Å²) in [6, 6.07) is 2.79. The van der Waals surface area contributed by atoms with Gasteiger partial charge in [0.25, 0.3) is 0 Å². The molecule has 116 valence electrons. The molecule has 1 saturated carbocycles. The molecule has 0 radical (unpaired) electrons. The number of urea groups is 1. The van der Waals surface area contributed by atoms with Gasteiger partial charge in [0.2, 0.25) is 5.76 Å². The molecular weight excluding hydrogens is 272 g/mol. The first kappa shape index (κ1) is 15.4. The highest BCUT2D eigenvalue weighted by Gasteiger charge is 2.18. The van der Waals surface area contributed by atoms with Crippen molar-refractivity contribution in [3.05, 3.63) is 23.7 Å². The minimum absolute atomic E-state index is 0.116. The van der Waals surface area contributed by atoms with E-state index in [9.17, 15) is 9.59 Å². The van der Waals surface area contributed by atoms with Gasteiger partial charge >= 0.3 is 12.0 Å². The molecule has 1 aromatic heterocycles. The van der Waals surface area contributed by atoms with Gasteiger partial charge in [0.05, 0.1) is 6.54 Å². The number of carbonyl (C=O) groups is 2. The number of hydrogen-bond donors (Lipinski definition) is 2. The molecule has 2 N–H and O–H groups in total. The van der Waals surface area contributed by atoms with E-state index in [2.05, 4.69) is 5.32 Å². The number of hydrogen-bond acceptors (Lipinski definition) is 3. The van der Waals surface area contributed by atoms with Crippen LogP contribution in [0.2, 0.25) is 0 Å². The molecule has 2 amide bonds. The summed E-state index contributed by atoms with van der Waals surface area (Å²) in [6.45, 7) is 0.964. The highest BCUT2D eigenvalue weighted by atomic mass is 16.4. The van der Waals surface area contributed by atoms with Crippen molar-refractivity contribution in [1.29, 1.82) is 0 Å². The number of carboxylic acids is 1. The van der Waals surface area contributed by atoms with Crippen molar-refractivity contribution in [3.8, 4) is 0 Å². The molecule has 0 atom stereocenters. The van der Waals surface area contributed by atoms with Gasteiger partial charge < -0.3 is 19.7 Å². The van der Waals surface area contributed by atoms with E-state index in [1.165, 1.54) is 38.2 Å². The molecule has 0 spiro atoms. The highest BCUT2D eigenvalue weighted by Crippen LogP contribution is 2.24. The van der Waals surface area contributed by atoms with E-state index in [1.54, 1.807) is 18.0 Å². The van der Waals surface area contributed by atoms with Crippen LogP contribution >= 0.6 is 0 Å². The maximum absolute atomic E-state index is 12.0. The molecule has 0 unspecified atom stereocenters. The van der Waals surface area contributed by atoms with Crippen LogP contribution in [0, 0.1) is 5.92 Å². The molecule has 1 aromatic rings. The second-order valence-electron chi connectivity index (χ2n) is 5.61. The van der Waals surface area contributed by atoms with Crippen molar-refractivity contribution in [2.75, 3.05) is 13.6 Å². The smallest absolute Gasteiger partial charge is 0.371 e. The first-order chi connectivity index (χ1) is 10.1. The molecule has 1 fully saturated rings. The third-order valence-corrected chi connectivity index (χ3v) is 3.89. The SMILES string of the molecule is CN(CC1CCCCC1)C(=O)NCc1ccc(C(=O)O)o1. The van der Waals surface area contributed by atoms with E-state index < -0.39 is 5.97 Å². The van der Waals surface area contributed by atoms with Crippen LogP contribution in [-0.4, -0.2) is 35.6 Å². The zero-order valence-electron chi connectivity index (χ0n) is 12.3. The van der Waals surface area contributed by atoms with Crippen molar-refractivity contribution in [1.82, 2.24) is 10.2 Å². The zero-order chi connectivity index (χ0) is 15.2. The number of furan rings is 1. The van der Waals surface area contributed by atoms with Gasteiger partial charge in [-0.2, -0.15) is 0 Å². The molecule has 0 aromatic carbocycles. The van der Waals surface area contributed by atoms with Crippen LogP contribution in [0.4, 0.5) is 4.79 Å². The van der Waals surface area contributed by atoms with Crippen LogP contribution in [0.25, 0.3) is 0 Å². The molecule has 2 rings (SSSR count). The third kappa shape index (κ3) is 4.51. The van der Waals surface area contributed by atoms with Gasteiger partial charge in [-0.15, -0.1) is 0 Å². The Morgan fingerprint density at radius 3 is 2.67 bits per heavy atom. The number of carbonyl (C=O) groups excluding carboxylic acids is 1. The number of nitrogens with zero attached hydrogens (tertiary/aromatic N) is 1. The fourth-order valence-corrected chi connectivity index (χ4v) is 2.73. The normalized spacial score (nSPS) is 15.7. The number of rotatable bonds is 5. The van der Waals surface area contributed by atoms with Crippen molar-refractivity contribution in [3.63, 3.8) is 0 Å². The fraction of sp³-hybridized carbons (Fsp3) is 0.600. The van der Waals surface area contributed by atoms with Crippen LogP contribution in [0.1, 0.15) is 48.4 Å². The van der Waals surface area contributed by atoms with E-state index in [0.717, 1.165) is 6.54 Å². The summed E-state index contributed by atoms with van der Waals surface area (Å²) in [5.74, 6) is -0.194. The van der Waals surface area contributed by atoms with E-state index in [0.29, 0.717) is 11.7 Å². The van der Waals surface area contributed by atoms with Crippen molar-refractivity contribution < 1.29 is 19.1 Å². The summed E-state index contributed by atoms with van der Waals surface area (Å²) in [5, 5.41) is 11.5. The Morgan fingerprint density at radius 2 is 2.05 bits per heavy atom. The van der Waals surface area contributed by atoms with E-state index in [1.807, 2.05) is 0 Å². The lowest BCUT2D eigenvalue weighted by atomic mass is 9.89. The van der Waals surface area contributed by atoms with Gasteiger partial charge in [0, 0.05) is 13.6 Å². The van der Waals surface area contributed by atoms with Crippen molar-refractivity contribution in [2.45, 2.75) is 38.6 Å². The summed E-state index contributed by atoms with van der Waals surface area (Å²) in [7, 11) is 1.79. The molecule has 0 aliphatic heterocycles. The molecule has 6 heteroatoms. The summed E-state index contributed by atoms with van der Waals surface area (Å²) < 4.78 is 5.09. The first-order valence-corrected chi connectivity index (χ1v) is 7.37. The second-order valence-corrected chi connectivity index (χ2v) is 5.61. The Balaban J connectivity index is 1.76. The van der Waals surface area contributed by atoms with Crippen molar-refractivity contribution in [2.24, 2.45) is 5.92 Å². The number of nitrogens with one attached hydrogen (secondary N) is 1. The van der Waals surface area contributed by atoms with Gasteiger partial charge in [-0.3, -0.25) is 0 Å². The van der Waals surface area contributed by atoms with Gasteiger partial charge in [0.1, 0.15) is 5.76 Å². The Kier molecular flexibility index (Phi) is 5.25. The van der Waals surface area contributed by atoms with E-state index in [4.69, 9.17) is 9.52 Å². The number of aromatic carboxylic acids is 1. The maximum atomic E-state index is 12.0. The lowest BCUT2D eigenvalue weighted by Gasteiger charge is -2.27. The average Bonchev–Trinajstić information content (AvgIpc) is 2.95. The average molecular weight is 294 g/mol. The minimum Gasteiger partial charge on any atom is -0.475 e. The van der Waals surface area contributed by atoms with E-state index in [-0.39, 0.29) is 18.3 Å². The minimum atomic E-state index is -1.11. The Morgan fingerprint density at radius 1 is 1.33 bits per heavy atom. The highest BCUT2D eigenvalue weighted by molar-refractivity contribution is 5.84. The largest absolute Gasteiger partial charge is 0.475 e. The first-order valence-electron chi connectivity index (χ1n) is 7.37. The molecule has 0 bridgehead atoms. The van der Waals surface area contributed by atoms with Gasteiger partial charge in [0.15, 0.2) is 0 Å². The molecule has 21 heavy (non-hydrogen) atoms. The Hall–Kier alpha value is -1.98. The molecule has 1 heterocycles. The summed E-state index contributed by atoms with van der Waals surface area (Å²) in [4.78, 5) is 24.4. The predicted molar refractivity (Wildman–Crippen MR) is 77.1 cm³/mol. The molecule has 1 aliphatic carbocycles. The van der Waals surface area contributed by atoms with Crippen LogP contribution in [0.5, 0.6) is 0 Å². The van der Waals surface area contributed by atoms with Crippen LogP contribution in [-0.2, 0) is 6.54 Å². The number of amides is 2. The standard InChI is InChI=1S/C15H22N2O4/c1-17(10-11-5-3-2-4-6-11)15(20)16-9-12-7-8-13(21-12)14(18)19/h7-8,11H,2-6,9-10H2,1H3,(H,16,20)(H,18,19). The molecule has 0 saturated heterocycles. The second kappa shape index (κ2) is 7.15. The van der Waals surface area contributed by atoms with Crippen LogP contribution in [0.3, 0.4) is 0 Å². The van der Waals surface area contributed by atoms with Gasteiger partial charge in [-0.25, -0.2) is 9.59 Å². The lowest BCUT2D eigenvalue weighted by molar-refractivity contribution is 0.0660.